The largest absolute Gasteiger partial charge is 0.479 e. The predicted octanol–water partition coefficient (Wildman–Crippen LogP) is 2.33. The third-order valence-corrected chi connectivity index (χ3v) is 2.10. The van der Waals surface area contributed by atoms with Crippen LogP contribution in [0.2, 0.25) is 0 Å². The summed E-state index contributed by atoms with van der Waals surface area (Å²) in [5.41, 5.74) is 1.10. The molecule has 0 aliphatic heterocycles. The molecule has 0 aliphatic rings. The minimum atomic E-state index is -0.517. The van der Waals surface area contributed by atoms with E-state index in [1.165, 1.54) is 7.11 Å². The highest BCUT2D eigenvalue weighted by Gasteiger charge is 2.18. The molecule has 0 radical (unpaired) electrons. The summed E-state index contributed by atoms with van der Waals surface area (Å²) in [5, 5.41) is 0. The van der Waals surface area contributed by atoms with Crippen molar-refractivity contribution < 1.29 is 14.3 Å². The van der Waals surface area contributed by atoms with E-state index in [-0.39, 0.29) is 5.97 Å². The van der Waals surface area contributed by atoms with Crippen LogP contribution in [-0.2, 0) is 9.53 Å². The van der Waals surface area contributed by atoms with Gasteiger partial charge in [-0.3, -0.25) is 0 Å². The lowest BCUT2D eigenvalue weighted by Gasteiger charge is -2.15. The van der Waals surface area contributed by atoms with Crippen LogP contribution in [-0.4, -0.2) is 19.2 Å². The first-order chi connectivity index (χ1) is 7.17. The van der Waals surface area contributed by atoms with Crippen LogP contribution in [0.25, 0.3) is 0 Å². The molecule has 0 aromatic heterocycles. The van der Waals surface area contributed by atoms with Gasteiger partial charge >= 0.3 is 5.97 Å². The fourth-order valence-electron chi connectivity index (χ4n) is 1.28. The second kappa shape index (κ2) is 5.39. The third-order valence-electron chi connectivity index (χ3n) is 2.10. The summed E-state index contributed by atoms with van der Waals surface area (Å²) in [6.45, 7) is 3.86. The molecule has 3 nitrogen and oxygen atoms in total. The zero-order valence-electron chi connectivity index (χ0n) is 9.32. The number of methoxy groups -OCH3 is 1. The summed E-state index contributed by atoms with van der Waals surface area (Å²) in [6.07, 6.45) is 0.0810. The molecule has 1 atom stereocenters. The summed E-state index contributed by atoms with van der Waals surface area (Å²) in [4.78, 5) is 11.3. The number of aryl methyl sites for hydroxylation is 1. The molecule has 0 fully saturated rings. The molecular formula is C12H16O3. The van der Waals surface area contributed by atoms with Crippen LogP contribution in [0.15, 0.2) is 24.3 Å². The Morgan fingerprint density at radius 2 is 2.20 bits per heavy atom. The SMILES string of the molecule is CC[C@@H](Oc1cccc(C)c1)C(=O)OC. The molecule has 0 amide bonds. The smallest absolute Gasteiger partial charge is 0.347 e. The van der Waals surface area contributed by atoms with E-state index in [1.54, 1.807) is 0 Å². The van der Waals surface area contributed by atoms with Crippen molar-refractivity contribution in [1.82, 2.24) is 0 Å². The lowest BCUT2D eigenvalue weighted by atomic mass is 10.2. The Morgan fingerprint density at radius 3 is 2.73 bits per heavy atom. The summed E-state index contributed by atoms with van der Waals surface area (Å²) in [5.74, 6) is 0.367. The van der Waals surface area contributed by atoms with Crippen LogP contribution in [0.1, 0.15) is 18.9 Å². The van der Waals surface area contributed by atoms with E-state index in [0.717, 1.165) is 5.56 Å². The number of hydrogen-bond donors (Lipinski definition) is 0. The molecule has 0 saturated heterocycles. The van der Waals surface area contributed by atoms with E-state index in [2.05, 4.69) is 4.74 Å². The highest BCUT2D eigenvalue weighted by Crippen LogP contribution is 2.15. The molecule has 0 spiro atoms. The number of carbonyl (C=O) groups is 1. The number of benzene rings is 1. The van der Waals surface area contributed by atoms with Crippen LogP contribution in [0.5, 0.6) is 5.75 Å². The van der Waals surface area contributed by atoms with Crippen molar-refractivity contribution in [3.63, 3.8) is 0 Å². The minimum Gasteiger partial charge on any atom is -0.479 e. The second-order valence-electron chi connectivity index (χ2n) is 3.35. The number of ether oxygens (including phenoxy) is 2. The van der Waals surface area contributed by atoms with E-state index in [0.29, 0.717) is 12.2 Å². The second-order valence-corrected chi connectivity index (χ2v) is 3.35. The monoisotopic (exact) mass is 208 g/mol. The maximum absolute atomic E-state index is 11.3. The molecule has 3 heteroatoms. The minimum absolute atomic E-state index is 0.334. The summed E-state index contributed by atoms with van der Waals surface area (Å²) in [7, 11) is 1.37. The third kappa shape index (κ3) is 3.27. The van der Waals surface area contributed by atoms with E-state index in [1.807, 2.05) is 38.1 Å². The van der Waals surface area contributed by atoms with Crippen molar-refractivity contribution in [2.24, 2.45) is 0 Å². The maximum Gasteiger partial charge on any atom is 0.347 e. The lowest BCUT2D eigenvalue weighted by molar-refractivity contribution is -0.148. The number of esters is 1. The van der Waals surface area contributed by atoms with Gasteiger partial charge in [-0.15, -0.1) is 0 Å². The van der Waals surface area contributed by atoms with Crippen LogP contribution < -0.4 is 4.74 Å². The number of carbonyl (C=O) groups excluding carboxylic acids is 1. The summed E-state index contributed by atoms with van der Waals surface area (Å²) >= 11 is 0. The Morgan fingerprint density at radius 1 is 1.47 bits per heavy atom. The molecule has 0 aliphatic carbocycles. The zero-order valence-corrected chi connectivity index (χ0v) is 9.32. The Bertz CT molecular complexity index is 333. The Labute approximate surface area is 90.0 Å². The van der Waals surface area contributed by atoms with Crippen molar-refractivity contribution in [2.75, 3.05) is 7.11 Å². The highest BCUT2D eigenvalue weighted by atomic mass is 16.6. The molecule has 0 N–H and O–H groups in total. The van der Waals surface area contributed by atoms with Crippen molar-refractivity contribution >= 4 is 5.97 Å². The Hall–Kier alpha value is -1.51. The first-order valence-corrected chi connectivity index (χ1v) is 4.98. The van der Waals surface area contributed by atoms with Gasteiger partial charge in [0.15, 0.2) is 6.10 Å². The molecule has 0 heterocycles. The molecule has 1 rings (SSSR count). The first kappa shape index (κ1) is 11.6. The van der Waals surface area contributed by atoms with E-state index >= 15 is 0 Å². The van der Waals surface area contributed by atoms with Crippen molar-refractivity contribution in [3.8, 4) is 5.75 Å². The first-order valence-electron chi connectivity index (χ1n) is 4.98. The van der Waals surface area contributed by atoms with Crippen molar-refractivity contribution in [1.29, 1.82) is 0 Å². The van der Waals surface area contributed by atoms with Gasteiger partial charge in [-0.25, -0.2) is 4.79 Å². The Kier molecular flexibility index (Phi) is 4.16. The quantitative estimate of drug-likeness (QED) is 0.712. The van der Waals surface area contributed by atoms with Gasteiger partial charge in [0.2, 0.25) is 0 Å². The normalized spacial score (nSPS) is 11.9. The maximum atomic E-state index is 11.3. The summed E-state index contributed by atoms with van der Waals surface area (Å²) in [6, 6.07) is 7.60. The van der Waals surface area contributed by atoms with Gasteiger partial charge in [-0.2, -0.15) is 0 Å². The van der Waals surface area contributed by atoms with Crippen LogP contribution in [0.3, 0.4) is 0 Å². The van der Waals surface area contributed by atoms with Crippen LogP contribution in [0.4, 0.5) is 0 Å². The number of rotatable bonds is 4. The van der Waals surface area contributed by atoms with Crippen molar-refractivity contribution in [3.05, 3.63) is 29.8 Å². The molecule has 1 aromatic rings. The Balaban J connectivity index is 2.70. The predicted molar refractivity (Wildman–Crippen MR) is 57.9 cm³/mol. The summed E-state index contributed by atoms with van der Waals surface area (Å²) < 4.78 is 10.2. The van der Waals surface area contributed by atoms with Gasteiger partial charge in [0.05, 0.1) is 7.11 Å². The fraction of sp³-hybridized carbons (Fsp3) is 0.417. The number of hydrogen-bond acceptors (Lipinski definition) is 3. The highest BCUT2D eigenvalue weighted by molar-refractivity contribution is 5.74. The average molecular weight is 208 g/mol. The zero-order chi connectivity index (χ0) is 11.3. The van der Waals surface area contributed by atoms with Gasteiger partial charge in [-0.1, -0.05) is 19.1 Å². The fourth-order valence-corrected chi connectivity index (χ4v) is 1.28. The molecule has 82 valence electrons. The standard InChI is InChI=1S/C12H16O3/c1-4-11(12(13)14-3)15-10-7-5-6-9(2)8-10/h5-8,11H,4H2,1-3H3/t11-/m1/s1. The average Bonchev–Trinajstić information content (AvgIpc) is 2.25. The molecular weight excluding hydrogens is 192 g/mol. The van der Waals surface area contributed by atoms with Gasteiger partial charge in [0, 0.05) is 0 Å². The topological polar surface area (TPSA) is 35.5 Å². The van der Waals surface area contributed by atoms with E-state index in [4.69, 9.17) is 4.74 Å². The van der Waals surface area contributed by atoms with Crippen LogP contribution >= 0.6 is 0 Å². The molecule has 0 unspecified atom stereocenters. The molecule has 0 saturated carbocycles. The van der Waals surface area contributed by atoms with E-state index in [9.17, 15) is 4.79 Å². The van der Waals surface area contributed by atoms with Gasteiger partial charge in [0.25, 0.3) is 0 Å². The molecule has 0 bridgehead atoms. The lowest BCUT2D eigenvalue weighted by Crippen LogP contribution is -2.27. The molecule has 1 aromatic carbocycles. The molecule has 15 heavy (non-hydrogen) atoms. The van der Waals surface area contributed by atoms with Gasteiger partial charge in [0.1, 0.15) is 5.75 Å². The van der Waals surface area contributed by atoms with Crippen LogP contribution in [0, 0.1) is 6.92 Å². The van der Waals surface area contributed by atoms with Gasteiger partial charge in [-0.05, 0) is 31.0 Å². The van der Waals surface area contributed by atoms with Crippen molar-refractivity contribution in [2.45, 2.75) is 26.4 Å². The van der Waals surface area contributed by atoms with Gasteiger partial charge < -0.3 is 9.47 Å². The van der Waals surface area contributed by atoms with E-state index < -0.39 is 6.10 Å².